The van der Waals surface area contributed by atoms with Crippen molar-refractivity contribution in [3.8, 4) is 0 Å². The average molecular weight is 344 g/mol. The van der Waals surface area contributed by atoms with Gasteiger partial charge in [0.25, 0.3) is 0 Å². The average Bonchev–Trinajstić information content (AvgIpc) is 2.91. The van der Waals surface area contributed by atoms with E-state index in [4.69, 9.17) is 9.05 Å². The SMILES string of the molecule is CC1(C)COP(=O)(C2(C(=O)I)CC2)OC1. The molecule has 1 saturated heterocycles. The summed E-state index contributed by atoms with van der Waals surface area (Å²) in [5.41, 5.74) is -0.113. The zero-order chi connectivity index (χ0) is 11.3. The summed E-state index contributed by atoms with van der Waals surface area (Å²) in [6.07, 6.45) is 1.26. The van der Waals surface area contributed by atoms with Gasteiger partial charge in [-0.1, -0.05) is 13.8 Å². The van der Waals surface area contributed by atoms with E-state index in [1.165, 1.54) is 0 Å². The second kappa shape index (κ2) is 3.52. The van der Waals surface area contributed by atoms with Gasteiger partial charge in [-0.15, -0.1) is 0 Å². The quantitative estimate of drug-likeness (QED) is 0.439. The predicted octanol–water partition coefficient (Wildman–Crippen LogP) is 2.75. The molecule has 1 saturated carbocycles. The fourth-order valence-corrected chi connectivity index (χ4v) is 5.45. The lowest BCUT2D eigenvalue weighted by Gasteiger charge is -2.36. The molecule has 0 aromatic rings. The molecule has 0 radical (unpaired) electrons. The first-order valence-corrected chi connectivity index (χ1v) is 7.53. The fourth-order valence-electron chi connectivity index (χ4n) is 1.54. The first kappa shape index (κ1) is 12.0. The van der Waals surface area contributed by atoms with Crippen LogP contribution in [0.5, 0.6) is 0 Å². The molecule has 2 rings (SSSR count). The van der Waals surface area contributed by atoms with Crippen molar-refractivity contribution in [2.75, 3.05) is 13.2 Å². The molecule has 4 nitrogen and oxygen atoms in total. The van der Waals surface area contributed by atoms with Crippen LogP contribution in [0.1, 0.15) is 26.7 Å². The van der Waals surface area contributed by atoms with Crippen molar-refractivity contribution < 1.29 is 18.4 Å². The number of rotatable bonds is 2. The maximum Gasteiger partial charge on any atom is 0.345 e. The molecule has 2 aliphatic rings. The van der Waals surface area contributed by atoms with Gasteiger partial charge in [-0.25, -0.2) is 0 Å². The van der Waals surface area contributed by atoms with E-state index in [0.29, 0.717) is 26.1 Å². The molecule has 1 aliphatic carbocycles. The van der Waals surface area contributed by atoms with E-state index >= 15 is 0 Å². The van der Waals surface area contributed by atoms with Crippen LogP contribution in [0.3, 0.4) is 0 Å². The molecule has 15 heavy (non-hydrogen) atoms. The molecule has 0 aromatic carbocycles. The molecule has 1 aliphatic heterocycles. The molecule has 86 valence electrons. The largest absolute Gasteiger partial charge is 0.345 e. The minimum absolute atomic E-state index is 0.0943. The fraction of sp³-hybridized carbons (Fsp3) is 0.889. The summed E-state index contributed by atoms with van der Waals surface area (Å²) in [5.74, 6) is 0. The molecule has 0 aromatic heterocycles. The van der Waals surface area contributed by atoms with E-state index in [9.17, 15) is 9.36 Å². The highest BCUT2D eigenvalue weighted by Crippen LogP contribution is 2.73. The highest BCUT2D eigenvalue weighted by atomic mass is 127. The van der Waals surface area contributed by atoms with Crippen LogP contribution in [0.2, 0.25) is 0 Å². The Hall–Kier alpha value is 0.550. The lowest BCUT2D eigenvalue weighted by Crippen LogP contribution is -2.34. The van der Waals surface area contributed by atoms with Gasteiger partial charge in [-0.05, 0) is 12.8 Å². The first-order valence-electron chi connectivity index (χ1n) is 4.91. The summed E-state index contributed by atoms with van der Waals surface area (Å²) in [6, 6.07) is 0. The summed E-state index contributed by atoms with van der Waals surface area (Å²) in [6.45, 7) is 4.77. The Labute approximate surface area is 103 Å². The van der Waals surface area contributed by atoms with Crippen LogP contribution >= 0.6 is 30.2 Å². The van der Waals surface area contributed by atoms with E-state index in [-0.39, 0.29) is 9.20 Å². The molecule has 6 heteroatoms. The van der Waals surface area contributed by atoms with Gasteiger partial charge in [0.1, 0.15) is 5.16 Å². The van der Waals surface area contributed by atoms with Crippen LogP contribution in [0, 0.1) is 5.41 Å². The first-order chi connectivity index (χ1) is 6.81. The smallest absolute Gasteiger partial charge is 0.307 e. The van der Waals surface area contributed by atoms with Gasteiger partial charge in [0, 0.05) is 28.0 Å². The van der Waals surface area contributed by atoms with Crippen LogP contribution in [0.4, 0.5) is 0 Å². The van der Waals surface area contributed by atoms with Crippen molar-refractivity contribution in [2.45, 2.75) is 31.8 Å². The molecular formula is C9H14IO4P. The van der Waals surface area contributed by atoms with Crippen LogP contribution in [-0.4, -0.2) is 22.2 Å². The van der Waals surface area contributed by atoms with Gasteiger partial charge >= 0.3 is 7.60 Å². The minimum Gasteiger partial charge on any atom is -0.307 e. The van der Waals surface area contributed by atoms with Gasteiger partial charge < -0.3 is 9.05 Å². The highest BCUT2D eigenvalue weighted by molar-refractivity contribution is 14.1. The molecule has 0 unspecified atom stereocenters. The summed E-state index contributed by atoms with van der Waals surface area (Å²) < 4.78 is 23.0. The molecular weight excluding hydrogens is 330 g/mol. The van der Waals surface area contributed by atoms with E-state index in [0.717, 1.165) is 0 Å². The normalized spacial score (nSPS) is 30.9. The van der Waals surface area contributed by atoms with E-state index in [1.807, 2.05) is 13.8 Å². The summed E-state index contributed by atoms with van der Waals surface area (Å²) >= 11 is 1.70. The number of hydrogen-bond donors (Lipinski definition) is 0. The van der Waals surface area contributed by atoms with Crippen molar-refractivity contribution >= 4 is 34.0 Å². The third kappa shape index (κ3) is 1.92. The Morgan fingerprint density at radius 2 is 1.73 bits per heavy atom. The van der Waals surface area contributed by atoms with Gasteiger partial charge in [0.05, 0.1) is 13.2 Å². The Balaban J connectivity index is 2.17. The lowest BCUT2D eigenvalue weighted by molar-refractivity contribution is -0.110. The van der Waals surface area contributed by atoms with Gasteiger partial charge in [0.15, 0.2) is 0 Å². The van der Waals surface area contributed by atoms with Crippen LogP contribution in [0.25, 0.3) is 0 Å². The van der Waals surface area contributed by atoms with Gasteiger partial charge in [-0.2, -0.15) is 0 Å². The Morgan fingerprint density at radius 3 is 2.07 bits per heavy atom. The Morgan fingerprint density at radius 1 is 1.27 bits per heavy atom. The lowest BCUT2D eigenvalue weighted by atomic mass is 9.97. The van der Waals surface area contributed by atoms with Gasteiger partial charge in [0.2, 0.25) is 3.79 Å². The minimum atomic E-state index is -3.20. The zero-order valence-corrected chi connectivity index (χ0v) is 11.8. The number of halogens is 1. The number of carbonyl (C=O) groups excluding carboxylic acids is 1. The summed E-state index contributed by atoms with van der Waals surface area (Å²) in [5, 5.41) is -0.815. The zero-order valence-electron chi connectivity index (χ0n) is 8.79. The van der Waals surface area contributed by atoms with E-state index < -0.39 is 12.8 Å². The van der Waals surface area contributed by atoms with E-state index in [2.05, 4.69) is 0 Å². The summed E-state index contributed by atoms with van der Waals surface area (Å²) in [7, 11) is -3.20. The Bertz CT molecular complexity index is 334. The van der Waals surface area contributed by atoms with Gasteiger partial charge in [-0.3, -0.25) is 9.36 Å². The van der Waals surface area contributed by atoms with Crippen molar-refractivity contribution in [3.63, 3.8) is 0 Å². The van der Waals surface area contributed by atoms with Crippen molar-refractivity contribution in [1.29, 1.82) is 0 Å². The standard InChI is InChI=1S/C9H14IO4P/c1-8(2)5-13-15(12,14-6-8)9(3-4-9)7(10)11/h3-6H2,1-2H3. The topological polar surface area (TPSA) is 52.6 Å². The molecule has 0 atom stereocenters. The molecule has 0 bridgehead atoms. The van der Waals surface area contributed by atoms with Crippen molar-refractivity contribution in [1.82, 2.24) is 0 Å². The van der Waals surface area contributed by atoms with Crippen LogP contribution < -0.4 is 0 Å². The number of carbonyl (C=O) groups is 1. The Kier molecular flexibility index (Phi) is 2.82. The van der Waals surface area contributed by atoms with E-state index in [1.54, 1.807) is 22.6 Å². The number of hydrogen-bond acceptors (Lipinski definition) is 4. The predicted molar refractivity (Wildman–Crippen MR) is 64.3 cm³/mol. The van der Waals surface area contributed by atoms with Crippen molar-refractivity contribution in [2.24, 2.45) is 5.41 Å². The maximum absolute atomic E-state index is 12.4. The summed E-state index contributed by atoms with van der Waals surface area (Å²) in [4.78, 5) is 11.4. The molecule has 2 fully saturated rings. The van der Waals surface area contributed by atoms with Crippen LogP contribution in [0.15, 0.2) is 0 Å². The van der Waals surface area contributed by atoms with Crippen molar-refractivity contribution in [3.05, 3.63) is 0 Å². The molecule has 0 amide bonds. The second-order valence-corrected chi connectivity index (χ2v) is 8.36. The second-order valence-electron chi connectivity index (χ2n) is 5.01. The maximum atomic E-state index is 12.4. The highest BCUT2D eigenvalue weighted by Gasteiger charge is 2.66. The third-order valence-corrected chi connectivity index (χ3v) is 6.96. The molecule has 1 heterocycles. The molecule has 0 spiro atoms. The molecule has 0 N–H and O–H groups in total. The monoisotopic (exact) mass is 344 g/mol. The van der Waals surface area contributed by atoms with Crippen LogP contribution in [-0.2, 0) is 18.4 Å². The third-order valence-electron chi connectivity index (χ3n) is 2.86.